The van der Waals surface area contributed by atoms with Crippen molar-refractivity contribution < 1.29 is 0 Å². The van der Waals surface area contributed by atoms with Crippen LogP contribution in [0.15, 0.2) is 12.2 Å². The predicted molar refractivity (Wildman–Crippen MR) is 43.8 cm³/mol. The monoisotopic (exact) mass is 136 g/mol. The van der Waals surface area contributed by atoms with Crippen LogP contribution < -0.4 is 0 Å². The second kappa shape index (κ2) is 2.77. The zero-order valence-electron chi connectivity index (χ0n) is 6.55. The molecule has 0 aromatic heterocycles. The molecule has 0 unspecified atom stereocenters. The molecule has 2 rings (SSSR count). The van der Waals surface area contributed by atoms with Crippen LogP contribution in [0.25, 0.3) is 0 Å². The second-order valence-corrected chi connectivity index (χ2v) is 3.71. The van der Waals surface area contributed by atoms with Gasteiger partial charge in [0.2, 0.25) is 0 Å². The quantitative estimate of drug-likeness (QED) is 0.449. The SMILES string of the molecule is C1=C[C@H]2CCCC[C@H]2CC1. The van der Waals surface area contributed by atoms with Crippen molar-refractivity contribution in [2.75, 3.05) is 0 Å². The summed E-state index contributed by atoms with van der Waals surface area (Å²) in [6, 6.07) is 0. The first-order valence-corrected chi connectivity index (χ1v) is 4.63. The van der Waals surface area contributed by atoms with Crippen LogP contribution in [0.1, 0.15) is 38.5 Å². The van der Waals surface area contributed by atoms with Crippen LogP contribution in [0.2, 0.25) is 0 Å². The highest BCUT2D eigenvalue weighted by Crippen LogP contribution is 2.36. The summed E-state index contributed by atoms with van der Waals surface area (Å²) in [5, 5.41) is 0. The lowest BCUT2D eigenvalue weighted by molar-refractivity contribution is 0.259. The zero-order chi connectivity index (χ0) is 6.81. The molecule has 0 saturated heterocycles. The molecule has 2 aliphatic carbocycles. The molecule has 1 fully saturated rings. The summed E-state index contributed by atoms with van der Waals surface area (Å²) in [4.78, 5) is 0. The van der Waals surface area contributed by atoms with Gasteiger partial charge in [-0.05, 0) is 37.5 Å². The average molecular weight is 136 g/mol. The fraction of sp³-hybridized carbons (Fsp3) is 0.800. The lowest BCUT2D eigenvalue weighted by Crippen LogP contribution is -2.19. The van der Waals surface area contributed by atoms with Gasteiger partial charge < -0.3 is 0 Å². The molecular weight excluding hydrogens is 120 g/mol. The molecule has 0 amide bonds. The van der Waals surface area contributed by atoms with Crippen molar-refractivity contribution in [1.29, 1.82) is 0 Å². The van der Waals surface area contributed by atoms with Crippen molar-refractivity contribution >= 4 is 0 Å². The molecule has 2 atom stereocenters. The Morgan fingerprint density at radius 3 is 2.80 bits per heavy atom. The van der Waals surface area contributed by atoms with Gasteiger partial charge in [0.1, 0.15) is 0 Å². The van der Waals surface area contributed by atoms with E-state index in [1.165, 1.54) is 38.5 Å². The summed E-state index contributed by atoms with van der Waals surface area (Å²) < 4.78 is 0. The Bertz CT molecular complexity index is 135. The van der Waals surface area contributed by atoms with Crippen LogP contribution in [-0.2, 0) is 0 Å². The molecule has 0 bridgehead atoms. The molecule has 56 valence electrons. The van der Waals surface area contributed by atoms with E-state index < -0.39 is 0 Å². The molecule has 0 nitrogen and oxygen atoms in total. The highest BCUT2D eigenvalue weighted by molar-refractivity contribution is 4.98. The van der Waals surface area contributed by atoms with Crippen LogP contribution in [0, 0.1) is 11.8 Å². The van der Waals surface area contributed by atoms with Gasteiger partial charge in [0, 0.05) is 0 Å². The standard InChI is InChI=1S/C10H16/c1-2-6-10-8-4-3-7-9(10)5-1/h1,5,9-10H,2-4,6-8H2/t9-,10+/m0/s1. The molecule has 0 radical (unpaired) electrons. The average Bonchev–Trinajstić information content (AvgIpc) is 2.05. The minimum atomic E-state index is 0.975. The van der Waals surface area contributed by atoms with Gasteiger partial charge in [-0.2, -0.15) is 0 Å². The van der Waals surface area contributed by atoms with E-state index in [0.717, 1.165) is 11.8 Å². The summed E-state index contributed by atoms with van der Waals surface area (Å²) in [5.74, 6) is 2.04. The number of hydrogen-bond donors (Lipinski definition) is 0. The summed E-state index contributed by atoms with van der Waals surface area (Å²) in [6.45, 7) is 0. The normalized spacial score (nSPS) is 39.2. The van der Waals surface area contributed by atoms with Crippen molar-refractivity contribution in [1.82, 2.24) is 0 Å². The van der Waals surface area contributed by atoms with Crippen molar-refractivity contribution in [3.05, 3.63) is 12.2 Å². The van der Waals surface area contributed by atoms with Crippen LogP contribution in [0.5, 0.6) is 0 Å². The third-order valence-electron chi connectivity index (χ3n) is 3.06. The maximum atomic E-state index is 2.47. The molecule has 0 heterocycles. The maximum Gasteiger partial charge on any atom is -0.0205 e. The summed E-state index contributed by atoms with van der Waals surface area (Å²) >= 11 is 0. The largest absolute Gasteiger partial charge is 0.0882 e. The number of hydrogen-bond acceptors (Lipinski definition) is 0. The molecule has 0 N–H and O–H groups in total. The van der Waals surface area contributed by atoms with Gasteiger partial charge in [0.05, 0.1) is 0 Å². The fourth-order valence-corrected chi connectivity index (χ4v) is 2.43. The first-order chi connectivity index (χ1) is 4.97. The van der Waals surface area contributed by atoms with E-state index in [9.17, 15) is 0 Å². The van der Waals surface area contributed by atoms with E-state index in [4.69, 9.17) is 0 Å². The Morgan fingerprint density at radius 2 is 1.90 bits per heavy atom. The van der Waals surface area contributed by atoms with E-state index in [-0.39, 0.29) is 0 Å². The van der Waals surface area contributed by atoms with Gasteiger partial charge >= 0.3 is 0 Å². The third-order valence-corrected chi connectivity index (χ3v) is 3.06. The Kier molecular flexibility index (Phi) is 1.79. The molecule has 0 aromatic rings. The van der Waals surface area contributed by atoms with Crippen LogP contribution in [0.3, 0.4) is 0 Å². The fourth-order valence-electron chi connectivity index (χ4n) is 2.43. The Labute approximate surface area is 63.3 Å². The summed E-state index contributed by atoms with van der Waals surface area (Å²) in [6.07, 6.45) is 13.6. The molecule has 0 heteroatoms. The van der Waals surface area contributed by atoms with Gasteiger partial charge in [0.25, 0.3) is 0 Å². The molecule has 1 saturated carbocycles. The van der Waals surface area contributed by atoms with E-state index in [2.05, 4.69) is 12.2 Å². The van der Waals surface area contributed by atoms with E-state index in [1.54, 1.807) is 0 Å². The Hall–Kier alpha value is -0.260. The van der Waals surface area contributed by atoms with E-state index >= 15 is 0 Å². The lowest BCUT2D eigenvalue weighted by Gasteiger charge is -2.31. The van der Waals surface area contributed by atoms with Crippen LogP contribution in [0.4, 0.5) is 0 Å². The lowest BCUT2D eigenvalue weighted by atomic mass is 9.74. The number of allylic oxidation sites excluding steroid dienone is 2. The summed E-state index contributed by atoms with van der Waals surface area (Å²) in [5.41, 5.74) is 0. The highest BCUT2D eigenvalue weighted by Gasteiger charge is 2.23. The Balaban J connectivity index is 2.03. The first kappa shape index (κ1) is 6.45. The molecule has 0 aliphatic heterocycles. The van der Waals surface area contributed by atoms with Crippen molar-refractivity contribution in [2.45, 2.75) is 38.5 Å². The molecule has 2 aliphatic rings. The smallest absolute Gasteiger partial charge is 0.0205 e. The van der Waals surface area contributed by atoms with Gasteiger partial charge in [-0.25, -0.2) is 0 Å². The first-order valence-electron chi connectivity index (χ1n) is 4.63. The highest BCUT2D eigenvalue weighted by atomic mass is 14.3. The Morgan fingerprint density at radius 1 is 1.00 bits per heavy atom. The van der Waals surface area contributed by atoms with Crippen molar-refractivity contribution in [3.8, 4) is 0 Å². The minimum absolute atomic E-state index is 0.975. The maximum absolute atomic E-state index is 2.47. The van der Waals surface area contributed by atoms with Crippen molar-refractivity contribution in [3.63, 3.8) is 0 Å². The number of fused-ring (bicyclic) bond motifs is 1. The molecular formula is C10H16. The van der Waals surface area contributed by atoms with Gasteiger partial charge in [-0.1, -0.05) is 25.0 Å². The van der Waals surface area contributed by atoms with E-state index in [1.807, 2.05) is 0 Å². The van der Waals surface area contributed by atoms with Crippen LogP contribution in [-0.4, -0.2) is 0 Å². The number of rotatable bonds is 0. The zero-order valence-corrected chi connectivity index (χ0v) is 6.55. The molecule has 10 heavy (non-hydrogen) atoms. The predicted octanol–water partition coefficient (Wildman–Crippen LogP) is 3.14. The summed E-state index contributed by atoms with van der Waals surface area (Å²) in [7, 11) is 0. The van der Waals surface area contributed by atoms with Gasteiger partial charge in [-0.3, -0.25) is 0 Å². The molecule has 0 aromatic carbocycles. The molecule has 0 spiro atoms. The van der Waals surface area contributed by atoms with E-state index in [0.29, 0.717) is 0 Å². The second-order valence-electron chi connectivity index (χ2n) is 3.71. The van der Waals surface area contributed by atoms with Gasteiger partial charge in [-0.15, -0.1) is 0 Å². The minimum Gasteiger partial charge on any atom is -0.0882 e. The van der Waals surface area contributed by atoms with Gasteiger partial charge in [0.15, 0.2) is 0 Å². The van der Waals surface area contributed by atoms with Crippen molar-refractivity contribution in [2.24, 2.45) is 11.8 Å². The van der Waals surface area contributed by atoms with Crippen LogP contribution >= 0.6 is 0 Å². The topological polar surface area (TPSA) is 0 Å². The third kappa shape index (κ3) is 1.12.